The zero-order valence-corrected chi connectivity index (χ0v) is 33.1. The van der Waals surface area contributed by atoms with Crippen molar-refractivity contribution in [2.45, 2.75) is 45.4 Å². The summed E-state index contributed by atoms with van der Waals surface area (Å²) in [6.45, 7) is 11.8. The maximum atomic E-state index is 2.45. The maximum absolute atomic E-state index is 2.45. The smallest absolute Gasteiger partial charge is 0.0159 e. The first kappa shape index (κ1) is 32.7. The molecule has 3 aliphatic carbocycles. The van der Waals surface area contributed by atoms with E-state index in [-0.39, 0.29) is 10.8 Å². The summed E-state index contributed by atoms with van der Waals surface area (Å²) < 4.78 is 0. The molecule has 0 heterocycles. The number of rotatable bonds is 3. The molecule has 9 aromatic rings. The van der Waals surface area contributed by atoms with Gasteiger partial charge in [-0.05, 0) is 152 Å². The van der Waals surface area contributed by atoms with Crippen LogP contribution in [0.25, 0.3) is 99.4 Å². The van der Waals surface area contributed by atoms with Gasteiger partial charge < -0.3 is 0 Å². The lowest BCUT2D eigenvalue weighted by Gasteiger charge is -2.22. The predicted octanol–water partition coefficient (Wildman–Crippen LogP) is 15.6. The van der Waals surface area contributed by atoms with Crippen LogP contribution < -0.4 is 0 Å². The summed E-state index contributed by atoms with van der Waals surface area (Å²) in [7, 11) is 0. The molecule has 0 aliphatic heterocycles. The Hall–Kier alpha value is -6.50. The lowest BCUT2D eigenvalue weighted by Crippen LogP contribution is -2.14. The molecule has 0 saturated carbocycles. The highest BCUT2D eigenvalue weighted by Gasteiger charge is 2.37. The molecule has 0 nitrogen and oxygen atoms in total. The average molecular weight is 727 g/mol. The Morgan fingerprint density at radius 1 is 0.298 bits per heavy atom. The molecule has 0 fully saturated rings. The number of fused-ring (bicyclic) bond motifs is 11. The van der Waals surface area contributed by atoms with E-state index in [9.17, 15) is 0 Å². The van der Waals surface area contributed by atoms with Gasteiger partial charge in [-0.1, -0.05) is 173 Å². The SMILES string of the molecule is Cc1c2ccccc2c2c3c(ccc(-c4ccc(-c5ccc6c(c5)C(C)(C)c5ccccc5-6)cc4)c13)-c1cc(-c3ccc4c(c3)C(C)(C)c3ccccc3-4)ccc1-2. The highest BCUT2D eigenvalue weighted by Crippen LogP contribution is 2.56. The molecule has 0 atom stereocenters. The van der Waals surface area contributed by atoms with E-state index in [2.05, 4.69) is 198 Å². The van der Waals surface area contributed by atoms with E-state index >= 15 is 0 Å². The zero-order chi connectivity index (χ0) is 38.4. The normalized spacial score (nSPS) is 14.7. The van der Waals surface area contributed by atoms with Gasteiger partial charge in [-0.25, -0.2) is 0 Å². The van der Waals surface area contributed by atoms with Crippen LogP contribution in [0.15, 0.2) is 164 Å². The van der Waals surface area contributed by atoms with E-state index in [1.165, 1.54) is 127 Å². The summed E-state index contributed by atoms with van der Waals surface area (Å²) >= 11 is 0. The monoisotopic (exact) mass is 726 g/mol. The molecule has 270 valence electrons. The van der Waals surface area contributed by atoms with Gasteiger partial charge in [0.25, 0.3) is 0 Å². The van der Waals surface area contributed by atoms with E-state index in [0.717, 1.165) is 0 Å². The van der Waals surface area contributed by atoms with Crippen LogP contribution in [0.5, 0.6) is 0 Å². The molecule has 0 spiro atoms. The van der Waals surface area contributed by atoms with Gasteiger partial charge in [-0.2, -0.15) is 0 Å². The van der Waals surface area contributed by atoms with Gasteiger partial charge in [0.2, 0.25) is 0 Å². The number of aryl methyl sites for hydroxylation is 1. The molecule has 0 heteroatoms. The van der Waals surface area contributed by atoms with Crippen molar-refractivity contribution in [2.75, 3.05) is 0 Å². The first-order valence-corrected chi connectivity index (χ1v) is 20.4. The lowest BCUT2D eigenvalue weighted by atomic mass is 9.81. The lowest BCUT2D eigenvalue weighted by molar-refractivity contribution is 0.660. The maximum Gasteiger partial charge on any atom is 0.0159 e. The van der Waals surface area contributed by atoms with Crippen LogP contribution in [0.3, 0.4) is 0 Å². The Morgan fingerprint density at radius 2 is 0.737 bits per heavy atom. The van der Waals surface area contributed by atoms with Crippen LogP contribution in [0.2, 0.25) is 0 Å². The standard InChI is InChI=1S/C57H42/c1-33-39-12-6-7-15-45(39)54-46-27-24-36(38-23-26-44-42-14-9-11-17-50(42)57(4,5)52(44)32-38)30-48(46)47-29-28-40(53(33)55(47)54)35-20-18-34(19-21-35)37-22-25-43-41-13-8-10-16-49(41)56(2,3)51(43)31-37/h6-32H,1-5H3. The molecular weight excluding hydrogens is 685 g/mol. The Balaban J connectivity index is 0.975. The summed E-state index contributed by atoms with van der Waals surface area (Å²) in [4.78, 5) is 0. The minimum atomic E-state index is -0.0316. The molecule has 0 aromatic heterocycles. The van der Waals surface area contributed by atoms with Crippen molar-refractivity contribution in [1.29, 1.82) is 0 Å². The molecule has 0 bridgehead atoms. The van der Waals surface area contributed by atoms with Crippen LogP contribution in [0.1, 0.15) is 55.5 Å². The fraction of sp³-hybridized carbons (Fsp3) is 0.123. The van der Waals surface area contributed by atoms with E-state index in [1.54, 1.807) is 0 Å². The summed E-state index contributed by atoms with van der Waals surface area (Å²) in [5.74, 6) is 0. The Bertz CT molecular complexity index is 3220. The van der Waals surface area contributed by atoms with Crippen molar-refractivity contribution in [3.05, 3.63) is 192 Å². The molecule has 0 unspecified atom stereocenters. The van der Waals surface area contributed by atoms with Crippen molar-refractivity contribution in [3.63, 3.8) is 0 Å². The van der Waals surface area contributed by atoms with Crippen molar-refractivity contribution in [1.82, 2.24) is 0 Å². The topological polar surface area (TPSA) is 0 Å². The highest BCUT2D eigenvalue weighted by atomic mass is 14.4. The van der Waals surface area contributed by atoms with Crippen molar-refractivity contribution in [3.8, 4) is 77.9 Å². The van der Waals surface area contributed by atoms with Crippen LogP contribution in [0.4, 0.5) is 0 Å². The third-order valence-corrected chi connectivity index (χ3v) is 14.0. The Morgan fingerprint density at radius 3 is 1.37 bits per heavy atom. The molecule has 0 amide bonds. The third-order valence-electron chi connectivity index (χ3n) is 14.0. The second kappa shape index (κ2) is 11.3. The van der Waals surface area contributed by atoms with Gasteiger partial charge in [-0.3, -0.25) is 0 Å². The molecule has 0 radical (unpaired) electrons. The zero-order valence-electron chi connectivity index (χ0n) is 33.1. The molecular formula is C57H42. The molecule has 0 saturated heterocycles. The molecule has 0 N–H and O–H groups in total. The van der Waals surface area contributed by atoms with Gasteiger partial charge in [0.15, 0.2) is 0 Å². The van der Waals surface area contributed by atoms with Crippen LogP contribution in [0, 0.1) is 6.92 Å². The minimum absolute atomic E-state index is 0.0181. The molecule has 3 aliphatic rings. The number of hydrogen-bond donors (Lipinski definition) is 0. The second-order valence-electron chi connectivity index (χ2n) is 17.7. The van der Waals surface area contributed by atoms with E-state index in [1.807, 2.05) is 0 Å². The van der Waals surface area contributed by atoms with Crippen molar-refractivity contribution in [2.24, 2.45) is 0 Å². The largest absolute Gasteiger partial charge is 0.0619 e. The van der Waals surface area contributed by atoms with Crippen LogP contribution in [-0.4, -0.2) is 0 Å². The summed E-state index contributed by atoms with van der Waals surface area (Å²) in [5, 5.41) is 5.40. The average Bonchev–Trinajstić information content (AvgIpc) is 3.79. The van der Waals surface area contributed by atoms with Gasteiger partial charge in [0, 0.05) is 10.8 Å². The van der Waals surface area contributed by atoms with Gasteiger partial charge >= 0.3 is 0 Å². The quantitative estimate of drug-likeness (QED) is 0.159. The van der Waals surface area contributed by atoms with E-state index in [4.69, 9.17) is 0 Å². The third kappa shape index (κ3) is 4.34. The first-order chi connectivity index (χ1) is 27.7. The summed E-state index contributed by atoms with van der Waals surface area (Å²) in [6, 6.07) is 62.3. The predicted molar refractivity (Wildman–Crippen MR) is 242 cm³/mol. The molecule has 12 rings (SSSR count). The highest BCUT2D eigenvalue weighted by molar-refractivity contribution is 6.28. The van der Waals surface area contributed by atoms with Gasteiger partial charge in [0.1, 0.15) is 0 Å². The first-order valence-electron chi connectivity index (χ1n) is 20.4. The minimum Gasteiger partial charge on any atom is -0.0619 e. The number of benzene rings is 9. The van der Waals surface area contributed by atoms with Crippen LogP contribution >= 0.6 is 0 Å². The van der Waals surface area contributed by atoms with Crippen LogP contribution in [-0.2, 0) is 10.8 Å². The fourth-order valence-corrected chi connectivity index (χ4v) is 11.1. The van der Waals surface area contributed by atoms with Crippen molar-refractivity contribution < 1.29 is 0 Å². The second-order valence-corrected chi connectivity index (χ2v) is 17.7. The molecule has 9 aromatic carbocycles. The Labute approximate surface area is 335 Å². The van der Waals surface area contributed by atoms with Crippen molar-refractivity contribution >= 4 is 21.5 Å². The Kier molecular flexibility index (Phi) is 6.49. The van der Waals surface area contributed by atoms with Gasteiger partial charge in [0.05, 0.1) is 0 Å². The van der Waals surface area contributed by atoms with E-state index in [0.29, 0.717) is 0 Å². The summed E-state index contributed by atoms with van der Waals surface area (Å²) in [5.41, 5.74) is 25.4. The molecule has 57 heavy (non-hydrogen) atoms. The fourth-order valence-electron chi connectivity index (χ4n) is 11.1. The summed E-state index contributed by atoms with van der Waals surface area (Å²) in [6.07, 6.45) is 0. The van der Waals surface area contributed by atoms with Gasteiger partial charge in [-0.15, -0.1) is 0 Å². The number of hydrogen-bond acceptors (Lipinski definition) is 0. The van der Waals surface area contributed by atoms with E-state index < -0.39 is 0 Å².